The van der Waals surface area contributed by atoms with E-state index in [1.54, 1.807) is 11.3 Å². The van der Waals surface area contributed by atoms with Crippen molar-refractivity contribution in [2.45, 2.75) is 12.5 Å². The van der Waals surface area contributed by atoms with Crippen LogP contribution in [-0.2, 0) is 6.42 Å². The van der Waals surface area contributed by atoms with Crippen molar-refractivity contribution in [3.05, 3.63) is 50.1 Å². The molecule has 4 heteroatoms. The molecule has 88 valence electrons. The van der Waals surface area contributed by atoms with Crippen LogP contribution in [0.2, 0.25) is 0 Å². The molecule has 3 rings (SSSR count). The third-order valence-corrected chi connectivity index (χ3v) is 4.99. The van der Waals surface area contributed by atoms with Crippen LogP contribution in [0.15, 0.2) is 34.1 Å². The Hall–Kier alpha value is -0.840. The number of halogens is 1. The molecule has 1 atom stereocenters. The SMILES string of the molecule is OC(c1cccc2c1NCC2)c1sccc1Br. The zero-order valence-corrected chi connectivity index (χ0v) is 11.5. The lowest BCUT2D eigenvalue weighted by atomic mass is 10.0. The van der Waals surface area contributed by atoms with Gasteiger partial charge >= 0.3 is 0 Å². The first kappa shape index (κ1) is 11.3. The smallest absolute Gasteiger partial charge is 0.116 e. The van der Waals surface area contributed by atoms with Crippen LogP contribution in [0, 0.1) is 0 Å². The summed E-state index contributed by atoms with van der Waals surface area (Å²) in [6.45, 7) is 0.963. The Morgan fingerprint density at radius 2 is 2.24 bits per heavy atom. The van der Waals surface area contributed by atoms with Crippen LogP contribution in [0.1, 0.15) is 22.1 Å². The lowest BCUT2D eigenvalue weighted by Crippen LogP contribution is -2.02. The number of benzene rings is 1. The number of rotatable bonds is 2. The zero-order valence-electron chi connectivity index (χ0n) is 9.11. The highest BCUT2D eigenvalue weighted by molar-refractivity contribution is 9.10. The van der Waals surface area contributed by atoms with Crippen molar-refractivity contribution in [2.24, 2.45) is 0 Å². The zero-order chi connectivity index (χ0) is 11.8. The summed E-state index contributed by atoms with van der Waals surface area (Å²) in [6.07, 6.45) is 0.492. The van der Waals surface area contributed by atoms with Crippen LogP contribution in [-0.4, -0.2) is 11.7 Å². The molecule has 0 aliphatic carbocycles. The third kappa shape index (κ3) is 1.90. The Labute approximate surface area is 112 Å². The number of aliphatic hydroxyl groups excluding tert-OH is 1. The Kier molecular flexibility index (Phi) is 2.94. The predicted molar refractivity (Wildman–Crippen MR) is 74.7 cm³/mol. The van der Waals surface area contributed by atoms with Gasteiger partial charge in [-0.05, 0) is 39.4 Å². The quantitative estimate of drug-likeness (QED) is 0.889. The summed E-state index contributed by atoms with van der Waals surface area (Å²) >= 11 is 5.05. The molecule has 0 bridgehead atoms. The number of anilines is 1. The molecule has 0 fully saturated rings. The summed E-state index contributed by atoms with van der Waals surface area (Å²) in [5, 5.41) is 15.8. The summed E-state index contributed by atoms with van der Waals surface area (Å²) in [7, 11) is 0. The van der Waals surface area contributed by atoms with Gasteiger partial charge in [0.1, 0.15) is 6.10 Å². The van der Waals surface area contributed by atoms with Crippen LogP contribution < -0.4 is 5.32 Å². The molecule has 1 aromatic carbocycles. The molecule has 2 aromatic rings. The molecule has 1 aliphatic rings. The fourth-order valence-corrected chi connectivity index (χ4v) is 3.83. The van der Waals surface area contributed by atoms with Crippen molar-refractivity contribution < 1.29 is 5.11 Å². The van der Waals surface area contributed by atoms with Gasteiger partial charge in [-0.1, -0.05) is 18.2 Å². The lowest BCUT2D eigenvalue weighted by Gasteiger charge is -2.14. The van der Waals surface area contributed by atoms with Gasteiger partial charge in [0.05, 0.1) is 4.88 Å². The highest BCUT2D eigenvalue weighted by atomic mass is 79.9. The van der Waals surface area contributed by atoms with Crippen LogP contribution >= 0.6 is 27.3 Å². The summed E-state index contributed by atoms with van der Waals surface area (Å²) in [5.74, 6) is 0. The van der Waals surface area contributed by atoms with Gasteiger partial charge in [-0.25, -0.2) is 0 Å². The Morgan fingerprint density at radius 1 is 1.35 bits per heavy atom. The molecule has 2 heterocycles. The maximum absolute atomic E-state index is 10.5. The van der Waals surface area contributed by atoms with Crippen molar-refractivity contribution in [1.29, 1.82) is 0 Å². The molecule has 2 N–H and O–H groups in total. The number of nitrogens with one attached hydrogen (secondary N) is 1. The highest BCUT2D eigenvalue weighted by Crippen LogP contribution is 2.38. The van der Waals surface area contributed by atoms with Gasteiger partial charge in [0.2, 0.25) is 0 Å². The van der Waals surface area contributed by atoms with Crippen molar-refractivity contribution in [3.8, 4) is 0 Å². The van der Waals surface area contributed by atoms with Crippen molar-refractivity contribution in [1.82, 2.24) is 0 Å². The largest absolute Gasteiger partial charge is 0.384 e. The van der Waals surface area contributed by atoms with E-state index in [1.165, 1.54) is 5.56 Å². The van der Waals surface area contributed by atoms with Crippen LogP contribution in [0.3, 0.4) is 0 Å². The molecule has 17 heavy (non-hydrogen) atoms. The summed E-state index contributed by atoms with van der Waals surface area (Å²) in [4.78, 5) is 0.965. The molecular weight excluding hydrogens is 298 g/mol. The molecule has 2 nitrogen and oxygen atoms in total. The van der Waals surface area contributed by atoms with E-state index in [-0.39, 0.29) is 0 Å². The normalized spacial score (nSPS) is 15.4. The fourth-order valence-electron chi connectivity index (χ4n) is 2.24. The molecule has 0 saturated carbocycles. The molecule has 1 aromatic heterocycles. The number of fused-ring (bicyclic) bond motifs is 1. The maximum atomic E-state index is 10.5. The number of thiophene rings is 1. The summed E-state index contributed by atoms with van der Waals surface area (Å²) < 4.78 is 0.977. The molecular formula is C13H12BrNOS. The number of para-hydroxylation sites is 1. The van der Waals surface area contributed by atoms with Crippen molar-refractivity contribution in [3.63, 3.8) is 0 Å². The van der Waals surface area contributed by atoms with E-state index >= 15 is 0 Å². The van der Waals surface area contributed by atoms with E-state index in [0.29, 0.717) is 0 Å². The predicted octanol–water partition coefficient (Wildman–Crippen LogP) is 3.56. The van der Waals surface area contributed by atoms with E-state index < -0.39 is 6.10 Å². The first-order chi connectivity index (χ1) is 8.27. The maximum Gasteiger partial charge on any atom is 0.116 e. The number of aliphatic hydroxyl groups is 1. The van der Waals surface area contributed by atoms with Crippen LogP contribution in [0.5, 0.6) is 0 Å². The van der Waals surface area contributed by atoms with E-state index in [1.807, 2.05) is 23.6 Å². The molecule has 0 radical (unpaired) electrons. The second-order valence-electron chi connectivity index (χ2n) is 4.09. The summed E-state index contributed by atoms with van der Waals surface area (Å²) in [6, 6.07) is 8.11. The van der Waals surface area contributed by atoms with Crippen molar-refractivity contribution >= 4 is 33.0 Å². The third-order valence-electron chi connectivity index (χ3n) is 3.07. The first-order valence-electron chi connectivity index (χ1n) is 5.54. The second-order valence-corrected chi connectivity index (χ2v) is 5.90. The fraction of sp³-hybridized carbons (Fsp3) is 0.231. The molecule has 0 amide bonds. The molecule has 1 aliphatic heterocycles. The standard InChI is InChI=1S/C13H12BrNOS/c14-10-5-7-17-13(10)12(16)9-3-1-2-8-4-6-15-11(8)9/h1-3,5,7,12,15-16H,4,6H2. The van der Waals surface area contributed by atoms with Gasteiger partial charge < -0.3 is 10.4 Å². The Morgan fingerprint density at radius 3 is 3.00 bits per heavy atom. The van der Waals surface area contributed by atoms with Crippen LogP contribution in [0.25, 0.3) is 0 Å². The van der Waals surface area contributed by atoms with E-state index in [0.717, 1.165) is 33.6 Å². The molecule has 0 spiro atoms. The highest BCUT2D eigenvalue weighted by Gasteiger charge is 2.22. The van der Waals surface area contributed by atoms with E-state index in [2.05, 4.69) is 27.3 Å². The Bertz CT molecular complexity index is 552. The monoisotopic (exact) mass is 309 g/mol. The minimum atomic E-state index is -0.551. The van der Waals surface area contributed by atoms with Gasteiger partial charge in [0.25, 0.3) is 0 Å². The van der Waals surface area contributed by atoms with E-state index in [9.17, 15) is 5.11 Å². The lowest BCUT2D eigenvalue weighted by molar-refractivity contribution is 0.224. The Balaban J connectivity index is 2.05. The minimum absolute atomic E-state index is 0.551. The van der Waals surface area contributed by atoms with Gasteiger partial charge in [0, 0.05) is 22.3 Å². The number of hydrogen-bond acceptors (Lipinski definition) is 3. The van der Waals surface area contributed by atoms with Crippen LogP contribution in [0.4, 0.5) is 5.69 Å². The van der Waals surface area contributed by atoms with Gasteiger partial charge in [-0.2, -0.15) is 0 Å². The molecule has 1 unspecified atom stereocenters. The second kappa shape index (κ2) is 4.44. The average molecular weight is 310 g/mol. The van der Waals surface area contributed by atoms with E-state index in [4.69, 9.17) is 0 Å². The minimum Gasteiger partial charge on any atom is -0.384 e. The topological polar surface area (TPSA) is 32.3 Å². The number of hydrogen-bond donors (Lipinski definition) is 2. The average Bonchev–Trinajstić information content (AvgIpc) is 2.95. The van der Waals surface area contributed by atoms with Gasteiger partial charge in [-0.15, -0.1) is 11.3 Å². The summed E-state index contributed by atoms with van der Waals surface area (Å²) in [5.41, 5.74) is 3.39. The van der Waals surface area contributed by atoms with Crippen molar-refractivity contribution in [2.75, 3.05) is 11.9 Å². The van der Waals surface area contributed by atoms with Gasteiger partial charge in [0.15, 0.2) is 0 Å². The molecule has 0 saturated heterocycles. The first-order valence-corrected chi connectivity index (χ1v) is 7.21. The van der Waals surface area contributed by atoms with Gasteiger partial charge in [-0.3, -0.25) is 0 Å².